The minimum atomic E-state index is -1.53. The number of nitrogens with two attached hydrogens (primary N) is 1. The van der Waals surface area contributed by atoms with Crippen LogP contribution in [0.1, 0.15) is 11.1 Å². The summed E-state index contributed by atoms with van der Waals surface area (Å²) in [4.78, 5) is 22.8. The number of benzene rings is 2. The van der Waals surface area contributed by atoms with Gasteiger partial charge in [0.1, 0.15) is 17.2 Å². The van der Waals surface area contributed by atoms with Crippen LogP contribution in [-0.4, -0.2) is 33.9 Å². The number of pyridine rings is 1. The number of nitrogens with zero attached hydrogens (tertiary/aromatic N) is 3. The fourth-order valence-electron chi connectivity index (χ4n) is 3.82. The highest BCUT2D eigenvalue weighted by Crippen LogP contribution is 2.53. The van der Waals surface area contributed by atoms with Crippen LogP contribution in [0.5, 0.6) is 17.2 Å². The Labute approximate surface area is 164 Å². The molecule has 8 heteroatoms. The van der Waals surface area contributed by atoms with E-state index in [0.717, 1.165) is 0 Å². The third-order valence-electron chi connectivity index (χ3n) is 5.25. The summed E-state index contributed by atoms with van der Waals surface area (Å²) in [7, 11) is 1.53. The van der Waals surface area contributed by atoms with E-state index in [2.05, 4.69) is 9.98 Å². The smallest absolute Gasteiger partial charge is 0.266 e. The standard InChI is InChI=1S/C21H15FN4O3/c1-26-19(28)21(25-20(26)23)14-9-11(13-3-2-8-24-18(13)22)4-6-16(14)29-17-7-5-12(27)10-15(17)21/h2-10,27H,1H3,(H2,23,25). The van der Waals surface area contributed by atoms with Crippen molar-refractivity contribution >= 4 is 11.9 Å². The van der Waals surface area contributed by atoms with Crippen LogP contribution in [0.3, 0.4) is 0 Å². The number of guanidine groups is 1. The molecule has 3 heterocycles. The second-order valence-corrected chi connectivity index (χ2v) is 6.88. The highest BCUT2D eigenvalue weighted by Gasteiger charge is 2.54. The number of aromatic nitrogens is 1. The lowest BCUT2D eigenvalue weighted by Crippen LogP contribution is -2.42. The zero-order chi connectivity index (χ0) is 20.3. The number of amides is 1. The highest BCUT2D eigenvalue weighted by atomic mass is 19.1. The predicted molar refractivity (Wildman–Crippen MR) is 103 cm³/mol. The summed E-state index contributed by atoms with van der Waals surface area (Å²) in [6.07, 6.45) is 1.36. The molecule has 29 heavy (non-hydrogen) atoms. The molecule has 0 bridgehead atoms. The number of rotatable bonds is 1. The van der Waals surface area contributed by atoms with Gasteiger partial charge in [0.15, 0.2) is 5.96 Å². The second-order valence-electron chi connectivity index (χ2n) is 6.88. The van der Waals surface area contributed by atoms with Crippen LogP contribution in [0.2, 0.25) is 0 Å². The summed E-state index contributed by atoms with van der Waals surface area (Å²) in [5.74, 6) is -0.243. The Kier molecular flexibility index (Phi) is 3.42. The van der Waals surface area contributed by atoms with Crippen LogP contribution >= 0.6 is 0 Å². The topological polar surface area (TPSA) is 101 Å². The van der Waals surface area contributed by atoms with Gasteiger partial charge in [-0.15, -0.1) is 0 Å². The Balaban J connectivity index is 1.82. The third kappa shape index (κ3) is 2.25. The van der Waals surface area contributed by atoms with Crippen molar-refractivity contribution in [2.45, 2.75) is 5.54 Å². The van der Waals surface area contributed by atoms with Gasteiger partial charge in [-0.25, -0.2) is 9.98 Å². The van der Waals surface area contributed by atoms with E-state index in [1.54, 1.807) is 36.4 Å². The number of fused-ring (bicyclic) bond motifs is 4. The van der Waals surface area contributed by atoms with E-state index in [1.165, 1.54) is 30.3 Å². The Morgan fingerprint density at radius 3 is 2.55 bits per heavy atom. The monoisotopic (exact) mass is 390 g/mol. The van der Waals surface area contributed by atoms with Gasteiger partial charge < -0.3 is 15.6 Å². The quantitative estimate of drug-likeness (QED) is 0.622. The van der Waals surface area contributed by atoms with Crippen molar-refractivity contribution in [3.63, 3.8) is 0 Å². The molecule has 1 unspecified atom stereocenters. The fourth-order valence-corrected chi connectivity index (χ4v) is 3.82. The maximum absolute atomic E-state index is 14.3. The molecule has 2 aliphatic rings. The van der Waals surface area contributed by atoms with E-state index in [1.807, 2.05) is 0 Å². The predicted octanol–water partition coefficient (Wildman–Crippen LogP) is 2.73. The van der Waals surface area contributed by atoms with Gasteiger partial charge in [-0.05, 0) is 48.0 Å². The average molecular weight is 390 g/mol. The van der Waals surface area contributed by atoms with Gasteiger partial charge >= 0.3 is 0 Å². The van der Waals surface area contributed by atoms with E-state index in [0.29, 0.717) is 28.2 Å². The van der Waals surface area contributed by atoms with Gasteiger partial charge in [-0.1, -0.05) is 6.07 Å². The summed E-state index contributed by atoms with van der Waals surface area (Å²) in [5, 5.41) is 10.0. The first kappa shape index (κ1) is 17.2. The zero-order valence-corrected chi connectivity index (χ0v) is 15.3. The summed E-state index contributed by atoms with van der Waals surface area (Å²) < 4.78 is 20.2. The van der Waals surface area contributed by atoms with Crippen LogP contribution in [0.15, 0.2) is 59.7 Å². The molecule has 7 nitrogen and oxygen atoms in total. The Hall–Kier alpha value is -3.94. The van der Waals surface area contributed by atoms with Crippen molar-refractivity contribution in [2.75, 3.05) is 7.05 Å². The van der Waals surface area contributed by atoms with Gasteiger partial charge in [0, 0.05) is 29.9 Å². The molecule has 1 aromatic heterocycles. The fraction of sp³-hybridized carbons (Fsp3) is 0.0952. The van der Waals surface area contributed by atoms with Crippen molar-refractivity contribution < 1.29 is 19.0 Å². The van der Waals surface area contributed by atoms with Crippen LogP contribution in [0.4, 0.5) is 4.39 Å². The molecule has 0 saturated carbocycles. The van der Waals surface area contributed by atoms with Crippen molar-refractivity contribution in [3.05, 3.63) is 71.8 Å². The van der Waals surface area contributed by atoms with Gasteiger partial charge in [-0.3, -0.25) is 9.69 Å². The molecule has 3 aromatic rings. The van der Waals surface area contributed by atoms with Gasteiger partial charge in [0.25, 0.3) is 5.91 Å². The van der Waals surface area contributed by atoms with E-state index >= 15 is 0 Å². The summed E-state index contributed by atoms with van der Waals surface area (Å²) in [5.41, 5.74) is 6.02. The molecule has 1 spiro atoms. The molecule has 0 aliphatic carbocycles. The average Bonchev–Trinajstić information content (AvgIpc) is 2.94. The van der Waals surface area contributed by atoms with Crippen LogP contribution in [0, 0.1) is 5.95 Å². The molecule has 5 rings (SSSR count). The van der Waals surface area contributed by atoms with Crippen molar-refractivity contribution in [1.82, 2.24) is 9.88 Å². The lowest BCUT2D eigenvalue weighted by molar-refractivity contribution is -0.129. The maximum Gasteiger partial charge on any atom is 0.266 e. The number of hydrogen-bond acceptors (Lipinski definition) is 6. The molecule has 0 fully saturated rings. The number of carbonyl (C=O) groups excluding carboxylic acids is 1. The van der Waals surface area contributed by atoms with E-state index < -0.39 is 17.4 Å². The van der Waals surface area contributed by atoms with Gasteiger partial charge in [0.05, 0.1) is 0 Å². The minimum Gasteiger partial charge on any atom is -0.508 e. The Bertz CT molecular complexity index is 1230. The molecule has 3 N–H and O–H groups in total. The van der Waals surface area contributed by atoms with Crippen LogP contribution in [0.25, 0.3) is 11.1 Å². The lowest BCUT2D eigenvalue weighted by Gasteiger charge is -2.33. The summed E-state index contributed by atoms with van der Waals surface area (Å²) in [6.45, 7) is 0. The molecule has 144 valence electrons. The number of halogens is 1. The molecular formula is C21H15FN4O3. The second kappa shape index (κ2) is 5.78. The number of ether oxygens (including phenoxy) is 1. The van der Waals surface area contributed by atoms with Crippen LogP contribution in [-0.2, 0) is 10.3 Å². The molecule has 2 aromatic carbocycles. The molecule has 1 atom stereocenters. The molecular weight excluding hydrogens is 375 g/mol. The number of likely N-dealkylation sites (N-methyl/N-ethyl adjacent to an activating group) is 1. The lowest BCUT2D eigenvalue weighted by atomic mass is 9.79. The maximum atomic E-state index is 14.3. The van der Waals surface area contributed by atoms with Gasteiger partial charge in [-0.2, -0.15) is 4.39 Å². The number of aromatic hydroxyl groups is 1. The SMILES string of the molecule is CN1C(=O)C2(N=C1N)c1cc(O)ccc1Oc1ccc(-c3cccnc3F)cc12. The molecule has 0 radical (unpaired) electrons. The molecule has 2 aliphatic heterocycles. The summed E-state index contributed by atoms with van der Waals surface area (Å²) >= 11 is 0. The first-order valence-corrected chi connectivity index (χ1v) is 8.82. The molecule has 0 saturated heterocycles. The number of carbonyl (C=O) groups is 1. The minimum absolute atomic E-state index is 0.0371. The van der Waals surface area contributed by atoms with E-state index in [-0.39, 0.29) is 17.3 Å². The van der Waals surface area contributed by atoms with Gasteiger partial charge in [0.2, 0.25) is 11.5 Å². The van der Waals surface area contributed by atoms with Crippen molar-refractivity contribution in [1.29, 1.82) is 0 Å². The molecule has 1 amide bonds. The van der Waals surface area contributed by atoms with Crippen molar-refractivity contribution in [3.8, 4) is 28.4 Å². The first-order valence-electron chi connectivity index (χ1n) is 8.82. The van der Waals surface area contributed by atoms with Crippen molar-refractivity contribution in [2.24, 2.45) is 10.7 Å². The zero-order valence-electron chi connectivity index (χ0n) is 15.3. The van der Waals surface area contributed by atoms with Crippen LogP contribution < -0.4 is 10.5 Å². The number of hydrogen-bond donors (Lipinski definition) is 2. The largest absolute Gasteiger partial charge is 0.508 e. The number of aliphatic imine (C=N–C) groups is 1. The van der Waals surface area contributed by atoms with E-state index in [4.69, 9.17) is 10.5 Å². The normalized spacial score (nSPS) is 19.6. The summed E-state index contributed by atoms with van der Waals surface area (Å²) in [6, 6.07) is 12.7. The highest BCUT2D eigenvalue weighted by molar-refractivity contribution is 6.10. The number of phenolic OH excluding ortho intramolecular Hbond substituents is 1. The third-order valence-corrected chi connectivity index (χ3v) is 5.25. The first-order chi connectivity index (χ1) is 13.9. The Morgan fingerprint density at radius 2 is 1.86 bits per heavy atom. The Morgan fingerprint density at radius 1 is 1.14 bits per heavy atom. The van der Waals surface area contributed by atoms with E-state index in [9.17, 15) is 14.3 Å². The number of phenols is 1.